The zero-order valence-electron chi connectivity index (χ0n) is 8.16. The van der Waals surface area contributed by atoms with Gasteiger partial charge in [0.25, 0.3) is 0 Å². The van der Waals surface area contributed by atoms with Crippen LogP contribution in [0.1, 0.15) is 20.3 Å². The fraction of sp³-hybridized carbons (Fsp3) is 0.778. The zero-order valence-corrected chi connectivity index (χ0v) is 8.16. The number of rotatable bonds is 3. The van der Waals surface area contributed by atoms with Gasteiger partial charge in [0.05, 0.1) is 7.11 Å². The Morgan fingerprint density at radius 2 is 2.08 bits per heavy atom. The SMILES string of the molecule is COC(=O)C(C)NC(=O)C1CC1C. The van der Waals surface area contributed by atoms with Crippen molar-refractivity contribution in [3.05, 3.63) is 0 Å². The van der Waals surface area contributed by atoms with Crippen molar-refractivity contribution in [2.45, 2.75) is 26.3 Å². The van der Waals surface area contributed by atoms with Gasteiger partial charge in [0.15, 0.2) is 0 Å². The Bertz CT molecular complexity index is 227. The number of methoxy groups -OCH3 is 1. The van der Waals surface area contributed by atoms with Gasteiger partial charge in [-0.1, -0.05) is 6.92 Å². The first-order chi connectivity index (χ1) is 6.06. The molecule has 4 heteroatoms. The third kappa shape index (κ3) is 2.44. The van der Waals surface area contributed by atoms with Crippen LogP contribution in [0.4, 0.5) is 0 Å². The van der Waals surface area contributed by atoms with E-state index in [4.69, 9.17) is 0 Å². The van der Waals surface area contributed by atoms with Crippen molar-refractivity contribution in [3.8, 4) is 0 Å². The Kier molecular flexibility index (Phi) is 2.90. The third-order valence-electron chi connectivity index (χ3n) is 2.36. The molecule has 0 heterocycles. The molecule has 1 fully saturated rings. The van der Waals surface area contributed by atoms with Crippen molar-refractivity contribution in [2.75, 3.05) is 7.11 Å². The van der Waals surface area contributed by atoms with Crippen LogP contribution in [0, 0.1) is 11.8 Å². The summed E-state index contributed by atoms with van der Waals surface area (Å²) in [7, 11) is 1.31. The maximum Gasteiger partial charge on any atom is 0.328 e. The van der Waals surface area contributed by atoms with Crippen LogP contribution in [0.5, 0.6) is 0 Å². The number of hydrogen-bond donors (Lipinski definition) is 1. The van der Waals surface area contributed by atoms with Gasteiger partial charge in [0, 0.05) is 5.92 Å². The standard InChI is InChI=1S/C9H15NO3/c1-5-4-7(5)8(11)10-6(2)9(12)13-3/h5-7H,4H2,1-3H3,(H,10,11). The molecule has 1 rings (SSSR count). The van der Waals surface area contributed by atoms with Gasteiger partial charge >= 0.3 is 5.97 Å². The largest absolute Gasteiger partial charge is 0.467 e. The lowest BCUT2D eigenvalue weighted by Gasteiger charge is -2.10. The van der Waals surface area contributed by atoms with Crippen molar-refractivity contribution < 1.29 is 14.3 Å². The molecule has 3 unspecified atom stereocenters. The summed E-state index contributed by atoms with van der Waals surface area (Å²) in [5, 5.41) is 2.61. The van der Waals surface area contributed by atoms with E-state index in [-0.39, 0.29) is 11.8 Å². The first-order valence-electron chi connectivity index (χ1n) is 4.44. The minimum absolute atomic E-state index is 0.0367. The van der Waals surface area contributed by atoms with E-state index in [1.165, 1.54) is 7.11 Å². The molecule has 1 aliphatic carbocycles. The second-order valence-corrected chi connectivity index (χ2v) is 3.57. The number of amides is 1. The van der Waals surface area contributed by atoms with Crippen molar-refractivity contribution in [1.29, 1.82) is 0 Å². The number of nitrogens with one attached hydrogen (secondary N) is 1. The van der Waals surface area contributed by atoms with Crippen LogP contribution in [-0.4, -0.2) is 25.0 Å². The summed E-state index contributed by atoms with van der Waals surface area (Å²) < 4.78 is 4.49. The monoisotopic (exact) mass is 185 g/mol. The summed E-state index contributed by atoms with van der Waals surface area (Å²) in [6, 6.07) is -0.537. The third-order valence-corrected chi connectivity index (χ3v) is 2.36. The fourth-order valence-corrected chi connectivity index (χ4v) is 1.24. The van der Waals surface area contributed by atoms with Gasteiger partial charge in [-0.2, -0.15) is 0 Å². The molecule has 1 N–H and O–H groups in total. The highest BCUT2D eigenvalue weighted by molar-refractivity contribution is 5.86. The van der Waals surface area contributed by atoms with Gasteiger partial charge in [-0.25, -0.2) is 4.79 Å². The maximum atomic E-state index is 11.3. The number of hydrogen-bond acceptors (Lipinski definition) is 3. The van der Waals surface area contributed by atoms with Gasteiger partial charge in [0.1, 0.15) is 6.04 Å². The van der Waals surface area contributed by atoms with Crippen LogP contribution in [-0.2, 0) is 14.3 Å². The highest BCUT2D eigenvalue weighted by Crippen LogP contribution is 2.37. The number of esters is 1. The molecular formula is C9H15NO3. The molecule has 1 saturated carbocycles. The van der Waals surface area contributed by atoms with Crippen LogP contribution in [0.3, 0.4) is 0 Å². The molecule has 13 heavy (non-hydrogen) atoms. The molecule has 4 nitrogen and oxygen atoms in total. The molecule has 74 valence electrons. The molecule has 1 aliphatic rings. The molecule has 3 atom stereocenters. The quantitative estimate of drug-likeness (QED) is 0.644. The minimum atomic E-state index is -0.537. The summed E-state index contributed by atoms with van der Waals surface area (Å²) in [6.45, 7) is 3.64. The van der Waals surface area contributed by atoms with Crippen molar-refractivity contribution in [3.63, 3.8) is 0 Å². The molecule has 0 aromatic heterocycles. The Balaban J connectivity index is 2.31. The smallest absolute Gasteiger partial charge is 0.328 e. The van der Waals surface area contributed by atoms with Gasteiger partial charge in [0.2, 0.25) is 5.91 Å². The van der Waals surface area contributed by atoms with Crippen LogP contribution < -0.4 is 5.32 Å². The summed E-state index contributed by atoms with van der Waals surface area (Å²) in [5.41, 5.74) is 0. The first kappa shape index (κ1) is 10.0. The van der Waals surface area contributed by atoms with E-state index >= 15 is 0 Å². The topological polar surface area (TPSA) is 55.4 Å². The van der Waals surface area contributed by atoms with Crippen LogP contribution in [0.25, 0.3) is 0 Å². The number of ether oxygens (including phenoxy) is 1. The molecule has 0 saturated heterocycles. The Morgan fingerprint density at radius 3 is 2.46 bits per heavy atom. The van der Waals surface area contributed by atoms with Crippen LogP contribution >= 0.6 is 0 Å². The zero-order chi connectivity index (χ0) is 10.0. The van der Waals surface area contributed by atoms with E-state index in [0.717, 1.165) is 6.42 Å². The second kappa shape index (κ2) is 3.77. The average Bonchev–Trinajstić information content (AvgIpc) is 2.81. The summed E-state index contributed by atoms with van der Waals surface area (Å²) >= 11 is 0. The molecule has 0 radical (unpaired) electrons. The summed E-state index contributed by atoms with van der Waals surface area (Å²) in [6.07, 6.45) is 0.930. The molecule has 0 aromatic rings. The Hall–Kier alpha value is -1.06. The molecule has 1 amide bonds. The van der Waals surface area contributed by atoms with Gasteiger partial charge < -0.3 is 10.1 Å². The highest BCUT2D eigenvalue weighted by atomic mass is 16.5. The van der Waals surface area contributed by atoms with Crippen molar-refractivity contribution >= 4 is 11.9 Å². The van der Waals surface area contributed by atoms with E-state index in [9.17, 15) is 9.59 Å². The second-order valence-electron chi connectivity index (χ2n) is 3.57. The lowest BCUT2D eigenvalue weighted by atomic mass is 10.3. The minimum Gasteiger partial charge on any atom is -0.467 e. The molecule has 0 spiro atoms. The molecule has 0 aromatic carbocycles. The van der Waals surface area contributed by atoms with Gasteiger partial charge in [-0.05, 0) is 19.3 Å². The number of carbonyl (C=O) groups is 2. The summed E-state index contributed by atoms with van der Waals surface area (Å²) in [4.78, 5) is 22.3. The van der Waals surface area contributed by atoms with E-state index < -0.39 is 12.0 Å². The van der Waals surface area contributed by atoms with E-state index in [1.54, 1.807) is 6.92 Å². The van der Waals surface area contributed by atoms with E-state index in [0.29, 0.717) is 5.92 Å². The highest BCUT2D eigenvalue weighted by Gasteiger charge is 2.39. The lowest BCUT2D eigenvalue weighted by Crippen LogP contribution is -2.40. The Morgan fingerprint density at radius 1 is 1.54 bits per heavy atom. The van der Waals surface area contributed by atoms with Crippen molar-refractivity contribution in [1.82, 2.24) is 5.32 Å². The lowest BCUT2D eigenvalue weighted by molar-refractivity contribution is -0.144. The molecule has 0 bridgehead atoms. The predicted octanol–water partition coefficient (Wildman–Crippen LogP) is 0.320. The predicted molar refractivity (Wildman–Crippen MR) is 46.9 cm³/mol. The van der Waals surface area contributed by atoms with E-state index in [1.807, 2.05) is 6.92 Å². The van der Waals surface area contributed by atoms with Crippen LogP contribution in [0.2, 0.25) is 0 Å². The molecule has 0 aliphatic heterocycles. The normalized spacial score (nSPS) is 27.6. The maximum absolute atomic E-state index is 11.3. The molecular weight excluding hydrogens is 170 g/mol. The van der Waals surface area contributed by atoms with E-state index in [2.05, 4.69) is 10.1 Å². The van der Waals surface area contributed by atoms with Crippen molar-refractivity contribution in [2.24, 2.45) is 11.8 Å². The fourth-order valence-electron chi connectivity index (χ4n) is 1.24. The van der Waals surface area contributed by atoms with Crippen LogP contribution in [0.15, 0.2) is 0 Å². The average molecular weight is 185 g/mol. The van der Waals surface area contributed by atoms with Gasteiger partial charge in [-0.3, -0.25) is 4.79 Å². The van der Waals surface area contributed by atoms with Gasteiger partial charge in [-0.15, -0.1) is 0 Å². The number of carbonyl (C=O) groups excluding carboxylic acids is 2. The first-order valence-corrected chi connectivity index (χ1v) is 4.44. The summed E-state index contributed by atoms with van der Waals surface area (Å²) in [5.74, 6) is 0.129. The Labute approximate surface area is 77.6 Å².